The van der Waals surface area contributed by atoms with Crippen molar-refractivity contribution in [3.63, 3.8) is 0 Å². The number of aliphatic hydroxyl groups is 1. The molecule has 154 valence electrons. The Hall–Kier alpha value is -2.15. The quantitative estimate of drug-likeness (QED) is 0.326. The molecule has 1 aliphatic rings. The van der Waals surface area contributed by atoms with Crippen LogP contribution < -0.4 is 10.2 Å². The molecule has 2 N–H and O–H groups in total. The number of rotatable bonds is 10. The van der Waals surface area contributed by atoms with E-state index >= 15 is 0 Å². The average molecular weight is 409 g/mol. The van der Waals surface area contributed by atoms with Crippen molar-refractivity contribution in [1.29, 1.82) is 0 Å². The lowest BCUT2D eigenvalue weighted by Crippen LogP contribution is -2.51. The number of carbonyl (C=O) groups is 1. The van der Waals surface area contributed by atoms with Crippen molar-refractivity contribution >= 4 is 22.3 Å². The minimum Gasteiger partial charge on any atom is -0.396 e. The minimum atomic E-state index is -3.53. The van der Waals surface area contributed by atoms with E-state index in [4.69, 9.17) is 5.11 Å². The number of carbonyl (C=O) groups excluding carboxylic acids is 1. The first kappa shape index (κ1) is 22.1. The Morgan fingerprint density at radius 2 is 2.00 bits per heavy atom. The maximum Gasteiger partial charge on any atom is 0.217 e. The van der Waals surface area contributed by atoms with Gasteiger partial charge in [0.25, 0.3) is 0 Å². The van der Waals surface area contributed by atoms with E-state index in [2.05, 4.69) is 27.0 Å². The monoisotopic (exact) mass is 408 g/mol. The molecule has 1 unspecified atom stereocenters. The Kier molecular flexibility index (Phi) is 9.20. The Labute approximate surface area is 167 Å². The number of unbranched alkanes of at least 4 members (excludes halogenated alkanes) is 3. The number of aliphatic hydroxyl groups excluding tert-OH is 1. The van der Waals surface area contributed by atoms with Crippen LogP contribution in [0.3, 0.4) is 0 Å². The van der Waals surface area contributed by atoms with E-state index in [0.717, 1.165) is 25.1 Å². The molecule has 1 atom stereocenters. The fourth-order valence-corrected chi connectivity index (χ4v) is 4.49. The minimum absolute atomic E-state index is 0.161. The Morgan fingerprint density at radius 1 is 1.21 bits per heavy atom. The van der Waals surface area contributed by atoms with Gasteiger partial charge in [-0.25, -0.2) is 13.4 Å². The number of anilines is 1. The van der Waals surface area contributed by atoms with Crippen LogP contribution in [-0.4, -0.2) is 73.8 Å². The third kappa shape index (κ3) is 7.11. The molecule has 1 aromatic heterocycles. The van der Waals surface area contributed by atoms with Crippen LogP contribution in [0.2, 0.25) is 0 Å². The molecule has 1 aromatic rings. The van der Waals surface area contributed by atoms with E-state index in [0.29, 0.717) is 39.0 Å². The van der Waals surface area contributed by atoms with E-state index in [1.54, 1.807) is 6.20 Å². The smallest absolute Gasteiger partial charge is 0.217 e. The van der Waals surface area contributed by atoms with Crippen LogP contribution >= 0.6 is 0 Å². The largest absolute Gasteiger partial charge is 0.396 e. The lowest BCUT2D eigenvalue weighted by Gasteiger charge is -2.35. The lowest BCUT2D eigenvalue weighted by atomic mass is 10.2. The maximum absolute atomic E-state index is 12.7. The Balaban J connectivity index is 1.88. The second-order valence-corrected chi connectivity index (χ2v) is 8.56. The normalized spacial score (nSPS) is 16.1. The first-order valence-electron chi connectivity index (χ1n) is 9.49. The summed E-state index contributed by atoms with van der Waals surface area (Å²) in [5.41, 5.74) is 0. The van der Waals surface area contributed by atoms with E-state index in [1.807, 2.05) is 18.2 Å². The Bertz CT molecular complexity index is 753. The molecule has 0 aliphatic carbocycles. The summed E-state index contributed by atoms with van der Waals surface area (Å²) >= 11 is 0. The summed E-state index contributed by atoms with van der Waals surface area (Å²) in [5.74, 6) is 6.38. The average Bonchev–Trinajstić information content (AvgIpc) is 2.71. The number of nitrogens with one attached hydrogen (secondary N) is 1. The molecule has 0 saturated carbocycles. The highest BCUT2D eigenvalue weighted by molar-refractivity contribution is 7.89. The van der Waals surface area contributed by atoms with Gasteiger partial charge in [-0.15, -0.1) is 5.92 Å². The highest BCUT2D eigenvalue weighted by Gasteiger charge is 2.29. The molecule has 8 nitrogen and oxygen atoms in total. The van der Waals surface area contributed by atoms with Gasteiger partial charge in [0.1, 0.15) is 11.9 Å². The maximum atomic E-state index is 12.7. The van der Waals surface area contributed by atoms with Crippen LogP contribution in [0.25, 0.3) is 0 Å². The fourth-order valence-electron chi connectivity index (χ4n) is 2.96. The highest BCUT2D eigenvalue weighted by Crippen LogP contribution is 2.15. The van der Waals surface area contributed by atoms with Crippen molar-refractivity contribution in [1.82, 2.24) is 14.6 Å². The van der Waals surface area contributed by atoms with E-state index in [1.165, 1.54) is 4.31 Å². The van der Waals surface area contributed by atoms with Crippen LogP contribution in [0.5, 0.6) is 0 Å². The van der Waals surface area contributed by atoms with Crippen molar-refractivity contribution < 1.29 is 18.3 Å². The second kappa shape index (κ2) is 11.6. The molecule has 1 saturated heterocycles. The Morgan fingerprint density at radius 3 is 2.64 bits per heavy atom. The summed E-state index contributed by atoms with van der Waals surface area (Å²) in [4.78, 5) is 17.2. The summed E-state index contributed by atoms with van der Waals surface area (Å²) in [6.45, 7) is 2.05. The van der Waals surface area contributed by atoms with Gasteiger partial charge in [0.15, 0.2) is 0 Å². The number of nitrogens with zero attached hydrogens (tertiary/aromatic N) is 3. The molecule has 28 heavy (non-hydrogen) atoms. The molecule has 0 bridgehead atoms. The van der Waals surface area contributed by atoms with E-state index in [9.17, 15) is 13.2 Å². The predicted molar refractivity (Wildman–Crippen MR) is 108 cm³/mol. The third-order valence-corrected chi connectivity index (χ3v) is 6.39. The third-order valence-electron chi connectivity index (χ3n) is 4.49. The molecular formula is C19H28N4O4S. The molecule has 1 fully saturated rings. The zero-order chi connectivity index (χ0) is 20.2. The number of aromatic nitrogens is 1. The lowest BCUT2D eigenvalue weighted by molar-refractivity contribution is -0.109. The number of pyridine rings is 1. The first-order valence-corrected chi connectivity index (χ1v) is 11.1. The SMILES string of the molecule is O=CNC(C#CCCCCCO)CS(=O)(=O)N1CCN(c2ccccn2)CC1. The summed E-state index contributed by atoms with van der Waals surface area (Å²) < 4.78 is 26.9. The van der Waals surface area contributed by atoms with Gasteiger partial charge in [-0.2, -0.15) is 4.31 Å². The van der Waals surface area contributed by atoms with E-state index < -0.39 is 16.1 Å². The predicted octanol–water partition coefficient (Wildman–Crippen LogP) is 0.204. The summed E-state index contributed by atoms with van der Waals surface area (Å²) in [6, 6.07) is 4.93. The van der Waals surface area contributed by atoms with Gasteiger partial charge in [-0.05, 0) is 25.0 Å². The van der Waals surface area contributed by atoms with Crippen LogP contribution in [-0.2, 0) is 14.8 Å². The van der Waals surface area contributed by atoms with Gasteiger partial charge in [0, 0.05) is 45.4 Å². The fraction of sp³-hybridized carbons (Fsp3) is 0.579. The molecule has 9 heteroatoms. The molecule has 0 spiro atoms. The zero-order valence-electron chi connectivity index (χ0n) is 16.0. The van der Waals surface area contributed by atoms with Crippen LogP contribution in [0.4, 0.5) is 5.82 Å². The van der Waals surface area contributed by atoms with Crippen molar-refractivity contribution in [3.05, 3.63) is 24.4 Å². The number of hydrogen-bond acceptors (Lipinski definition) is 6. The number of sulfonamides is 1. The summed E-state index contributed by atoms with van der Waals surface area (Å²) in [6.07, 6.45) is 5.26. The van der Waals surface area contributed by atoms with Gasteiger partial charge < -0.3 is 15.3 Å². The van der Waals surface area contributed by atoms with Gasteiger partial charge in [0.05, 0.1) is 5.75 Å². The summed E-state index contributed by atoms with van der Waals surface area (Å²) in [5, 5.41) is 11.2. The number of amides is 1. The van der Waals surface area contributed by atoms with Crippen molar-refractivity contribution in [3.8, 4) is 11.8 Å². The molecule has 2 rings (SSSR count). The standard InChI is InChI=1S/C19H28N4O4S/c24-15-7-3-1-2-4-8-18(21-17-25)16-28(26,27)23-13-11-22(12-14-23)19-9-5-6-10-20-19/h5-6,9-10,17-18,24H,1-3,7,11-16H2,(H,21,25). The van der Waals surface area contributed by atoms with Crippen molar-refractivity contribution in [2.45, 2.75) is 31.7 Å². The van der Waals surface area contributed by atoms with Crippen LogP contribution in [0, 0.1) is 11.8 Å². The molecule has 0 radical (unpaired) electrons. The number of piperazine rings is 1. The molecule has 2 heterocycles. The summed E-state index contributed by atoms with van der Waals surface area (Å²) in [7, 11) is -3.53. The first-order chi connectivity index (χ1) is 13.6. The van der Waals surface area contributed by atoms with Gasteiger partial charge in [-0.1, -0.05) is 18.4 Å². The molecule has 1 amide bonds. The highest BCUT2D eigenvalue weighted by atomic mass is 32.2. The number of hydrogen-bond donors (Lipinski definition) is 2. The van der Waals surface area contributed by atoms with Crippen molar-refractivity contribution in [2.75, 3.05) is 43.4 Å². The van der Waals surface area contributed by atoms with E-state index in [-0.39, 0.29) is 12.4 Å². The van der Waals surface area contributed by atoms with Gasteiger partial charge in [-0.3, -0.25) is 4.79 Å². The van der Waals surface area contributed by atoms with Gasteiger partial charge in [0.2, 0.25) is 16.4 Å². The second-order valence-electron chi connectivity index (χ2n) is 6.55. The molecular weight excluding hydrogens is 380 g/mol. The van der Waals surface area contributed by atoms with Crippen LogP contribution in [0.1, 0.15) is 25.7 Å². The zero-order valence-corrected chi connectivity index (χ0v) is 16.8. The topological polar surface area (TPSA) is 103 Å². The molecule has 0 aromatic carbocycles. The molecule has 1 aliphatic heterocycles. The van der Waals surface area contributed by atoms with Crippen LogP contribution in [0.15, 0.2) is 24.4 Å². The van der Waals surface area contributed by atoms with Crippen molar-refractivity contribution in [2.24, 2.45) is 0 Å². The van der Waals surface area contributed by atoms with Gasteiger partial charge >= 0.3 is 0 Å².